The number of amides is 1. The van der Waals surface area contributed by atoms with Crippen molar-refractivity contribution in [2.45, 2.75) is 19.1 Å². The molecule has 38 heavy (non-hydrogen) atoms. The van der Waals surface area contributed by atoms with E-state index in [1.807, 2.05) is 85.1 Å². The number of hydrogen-bond acceptors (Lipinski definition) is 4. The first kappa shape index (κ1) is 25.1. The quantitative estimate of drug-likeness (QED) is 0.210. The highest BCUT2D eigenvalue weighted by atomic mass is 35.5. The van der Waals surface area contributed by atoms with Crippen LogP contribution >= 0.6 is 11.6 Å². The summed E-state index contributed by atoms with van der Waals surface area (Å²) in [6.07, 6.45) is 2.11. The summed E-state index contributed by atoms with van der Waals surface area (Å²) in [5.74, 6) is 0.426. The number of halogens is 1. The van der Waals surface area contributed by atoms with Gasteiger partial charge in [0.2, 0.25) is 0 Å². The normalized spacial score (nSPS) is 11.6. The Morgan fingerprint density at radius 2 is 1.58 bits per heavy atom. The first-order chi connectivity index (χ1) is 18.5. The van der Waals surface area contributed by atoms with Gasteiger partial charge in [-0.05, 0) is 65.7 Å². The molecule has 5 aromatic rings. The van der Waals surface area contributed by atoms with Crippen molar-refractivity contribution >= 4 is 34.4 Å². The van der Waals surface area contributed by atoms with Crippen LogP contribution in [0.15, 0.2) is 109 Å². The summed E-state index contributed by atoms with van der Waals surface area (Å²) < 4.78 is 11.6. The maximum atomic E-state index is 13.3. The summed E-state index contributed by atoms with van der Waals surface area (Å²) in [4.78, 5) is 29.5. The van der Waals surface area contributed by atoms with Crippen molar-refractivity contribution in [3.8, 4) is 11.5 Å². The SMILES string of the molecule is O=C(NC(Cc1c[nH]c2ccccc12)C(=O)OCc1cccc(Oc2ccccc2)c1)c1ccc(Cl)cc1. The molecular weight excluding hydrogens is 500 g/mol. The zero-order valence-corrected chi connectivity index (χ0v) is 21.2. The van der Waals surface area contributed by atoms with Crippen LogP contribution in [0.3, 0.4) is 0 Å². The van der Waals surface area contributed by atoms with E-state index in [1.54, 1.807) is 24.3 Å². The maximum Gasteiger partial charge on any atom is 0.329 e. The molecule has 0 saturated heterocycles. The van der Waals surface area contributed by atoms with Crippen LogP contribution in [0, 0.1) is 0 Å². The fraction of sp³-hybridized carbons (Fsp3) is 0.0968. The van der Waals surface area contributed by atoms with Gasteiger partial charge in [-0.25, -0.2) is 4.79 Å². The van der Waals surface area contributed by atoms with Crippen LogP contribution in [-0.4, -0.2) is 22.9 Å². The molecule has 1 atom stereocenters. The monoisotopic (exact) mass is 524 g/mol. The molecule has 6 nitrogen and oxygen atoms in total. The van der Waals surface area contributed by atoms with Crippen molar-refractivity contribution < 1.29 is 19.1 Å². The summed E-state index contributed by atoms with van der Waals surface area (Å²) in [7, 11) is 0. The molecule has 4 aromatic carbocycles. The van der Waals surface area contributed by atoms with Gasteiger partial charge < -0.3 is 19.8 Å². The molecule has 0 spiro atoms. The predicted octanol–water partition coefficient (Wildman–Crippen LogP) is 6.70. The minimum absolute atomic E-state index is 0.0338. The molecule has 0 aliphatic heterocycles. The molecule has 1 amide bonds. The van der Waals surface area contributed by atoms with E-state index in [4.69, 9.17) is 21.1 Å². The lowest BCUT2D eigenvalue weighted by molar-refractivity contribution is -0.147. The zero-order valence-electron chi connectivity index (χ0n) is 20.4. The predicted molar refractivity (Wildman–Crippen MR) is 147 cm³/mol. The largest absolute Gasteiger partial charge is 0.459 e. The number of aromatic nitrogens is 1. The second-order valence-corrected chi connectivity index (χ2v) is 9.20. The lowest BCUT2D eigenvalue weighted by Gasteiger charge is -2.18. The summed E-state index contributed by atoms with van der Waals surface area (Å²) in [5, 5.41) is 4.35. The number of para-hydroxylation sites is 2. The van der Waals surface area contributed by atoms with Crippen LogP contribution in [0.25, 0.3) is 10.9 Å². The molecule has 1 heterocycles. The third kappa shape index (κ3) is 6.22. The molecule has 7 heteroatoms. The minimum Gasteiger partial charge on any atom is -0.459 e. The van der Waals surface area contributed by atoms with Gasteiger partial charge >= 0.3 is 5.97 Å². The Morgan fingerprint density at radius 3 is 2.39 bits per heavy atom. The Kier molecular flexibility index (Phi) is 7.71. The van der Waals surface area contributed by atoms with Gasteiger partial charge in [-0.1, -0.05) is 60.1 Å². The van der Waals surface area contributed by atoms with E-state index in [-0.39, 0.29) is 18.9 Å². The smallest absolute Gasteiger partial charge is 0.329 e. The van der Waals surface area contributed by atoms with Crippen molar-refractivity contribution in [3.63, 3.8) is 0 Å². The maximum absolute atomic E-state index is 13.3. The van der Waals surface area contributed by atoms with Crippen LogP contribution < -0.4 is 10.1 Å². The van der Waals surface area contributed by atoms with Crippen LogP contribution in [0.2, 0.25) is 5.02 Å². The molecular formula is C31H25ClN2O4. The highest BCUT2D eigenvalue weighted by Crippen LogP contribution is 2.23. The molecule has 190 valence electrons. The summed E-state index contributed by atoms with van der Waals surface area (Å²) in [6, 6.07) is 30.2. The number of nitrogens with one attached hydrogen (secondary N) is 2. The fourth-order valence-corrected chi connectivity index (χ4v) is 4.26. The average molecular weight is 525 g/mol. The van der Waals surface area contributed by atoms with E-state index in [1.165, 1.54) is 0 Å². The molecule has 0 radical (unpaired) electrons. The Balaban J connectivity index is 1.31. The second-order valence-electron chi connectivity index (χ2n) is 8.77. The number of aromatic amines is 1. The van der Waals surface area contributed by atoms with Crippen molar-refractivity contribution in [2.24, 2.45) is 0 Å². The van der Waals surface area contributed by atoms with Gasteiger partial charge in [0.25, 0.3) is 5.91 Å². The second kappa shape index (κ2) is 11.7. The van der Waals surface area contributed by atoms with E-state index in [9.17, 15) is 9.59 Å². The van der Waals surface area contributed by atoms with E-state index in [0.29, 0.717) is 22.1 Å². The van der Waals surface area contributed by atoms with Gasteiger partial charge in [0.05, 0.1) is 0 Å². The molecule has 5 rings (SSSR count). The van der Waals surface area contributed by atoms with Crippen LogP contribution in [0.5, 0.6) is 11.5 Å². The third-order valence-corrected chi connectivity index (χ3v) is 6.31. The average Bonchev–Trinajstić information content (AvgIpc) is 3.35. The molecule has 0 saturated carbocycles. The highest BCUT2D eigenvalue weighted by Gasteiger charge is 2.25. The van der Waals surface area contributed by atoms with Crippen molar-refractivity contribution in [1.29, 1.82) is 0 Å². The van der Waals surface area contributed by atoms with E-state index < -0.39 is 12.0 Å². The topological polar surface area (TPSA) is 80.4 Å². The number of benzene rings is 4. The molecule has 1 aromatic heterocycles. The van der Waals surface area contributed by atoms with Crippen LogP contribution in [0.1, 0.15) is 21.5 Å². The summed E-state index contributed by atoms with van der Waals surface area (Å²) in [5.41, 5.74) is 3.02. The lowest BCUT2D eigenvalue weighted by Crippen LogP contribution is -2.43. The molecule has 1 unspecified atom stereocenters. The van der Waals surface area contributed by atoms with Gasteiger partial charge in [0, 0.05) is 34.1 Å². The first-order valence-corrected chi connectivity index (χ1v) is 12.5. The molecule has 0 bridgehead atoms. The standard InChI is InChI=1S/C31H25ClN2O4/c32-24-15-13-22(14-16-24)30(35)34-29(18-23-19-33-28-12-5-4-11-27(23)28)31(36)37-20-21-7-6-10-26(17-21)38-25-8-2-1-3-9-25/h1-17,19,29,33H,18,20H2,(H,34,35). The van der Waals surface area contributed by atoms with Crippen LogP contribution in [0.4, 0.5) is 0 Å². The van der Waals surface area contributed by atoms with E-state index in [2.05, 4.69) is 10.3 Å². The van der Waals surface area contributed by atoms with Crippen LogP contribution in [-0.2, 0) is 22.6 Å². The zero-order chi connectivity index (χ0) is 26.3. The lowest BCUT2D eigenvalue weighted by atomic mass is 10.0. The number of carbonyl (C=O) groups excluding carboxylic acids is 2. The van der Waals surface area contributed by atoms with Gasteiger partial charge in [0.1, 0.15) is 24.1 Å². The molecule has 2 N–H and O–H groups in total. The van der Waals surface area contributed by atoms with Gasteiger partial charge in [-0.3, -0.25) is 4.79 Å². The van der Waals surface area contributed by atoms with Crippen molar-refractivity contribution in [3.05, 3.63) is 131 Å². The van der Waals surface area contributed by atoms with Gasteiger partial charge in [-0.2, -0.15) is 0 Å². The highest BCUT2D eigenvalue weighted by molar-refractivity contribution is 6.30. The Hall–Kier alpha value is -4.55. The summed E-state index contributed by atoms with van der Waals surface area (Å²) >= 11 is 5.96. The Bertz CT molecular complexity index is 1550. The van der Waals surface area contributed by atoms with Gasteiger partial charge in [-0.15, -0.1) is 0 Å². The Morgan fingerprint density at radius 1 is 0.842 bits per heavy atom. The number of esters is 1. The number of rotatable bonds is 9. The number of ether oxygens (including phenoxy) is 2. The van der Waals surface area contributed by atoms with E-state index >= 15 is 0 Å². The number of fused-ring (bicyclic) bond motifs is 1. The minimum atomic E-state index is -0.902. The number of H-pyrrole nitrogens is 1. The summed E-state index contributed by atoms with van der Waals surface area (Å²) in [6.45, 7) is 0.0338. The molecule has 0 fully saturated rings. The first-order valence-electron chi connectivity index (χ1n) is 12.1. The molecule has 0 aliphatic carbocycles. The third-order valence-electron chi connectivity index (χ3n) is 6.05. The van der Waals surface area contributed by atoms with E-state index in [0.717, 1.165) is 22.0 Å². The Labute approximate surface area is 225 Å². The van der Waals surface area contributed by atoms with Gasteiger partial charge in [0.15, 0.2) is 0 Å². The van der Waals surface area contributed by atoms with Crippen molar-refractivity contribution in [2.75, 3.05) is 0 Å². The number of hydrogen-bond donors (Lipinski definition) is 2. The number of carbonyl (C=O) groups is 2. The molecule has 0 aliphatic rings. The van der Waals surface area contributed by atoms with Crippen molar-refractivity contribution in [1.82, 2.24) is 10.3 Å². The fourth-order valence-electron chi connectivity index (χ4n) is 4.13.